The molecule has 0 aliphatic rings. The average molecular weight is 253 g/mol. The molecule has 1 atom stereocenters. The second kappa shape index (κ2) is 24.4. The Morgan fingerprint density at radius 3 is 1.21 bits per heavy atom. The molecule has 0 heterocycles. The zero-order chi connectivity index (χ0) is 8.73. The van der Waals surface area contributed by atoms with Crippen molar-refractivity contribution in [1.82, 2.24) is 0 Å². The number of hydrogen-bond acceptors (Lipinski definition) is 5. The van der Waals surface area contributed by atoms with Gasteiger partial charge in [-0.1, -0.05) is 0 Å². The molecule has 0 aromatic rings. The zero-order valence-corrected chi connectivity index (χ0v) is 15.8. The molecule has 0 aromatic heterocycles. The molecule has 0 amide bonds. The van der Waals surface area contributed by atoms with Gasteiger partial charge in [-0.3, -0.25) is 0 Å². The maximum absolute atomic E-state index is 9.34. The van der Waals surface area contributed by atoms with Gasteiger partial charge in [-0.15, -0.1) is 0 Å². The molecule has 0 spiro atoms. The molecule has 68 valence electrons. The fourth-order valence-electron chi connectivity index (χ4n) is 0. The van der Waals surface area contributed by atoms with Crippen molar-refractivity contribution in [2.45, 2.75) is 20.0 Å². The first-order chi connectivity index (χ1) is 4.37. The standard InChI is InChI=1S/C3H6O3.C2H4O2.ClH.3Na/c1-2(4)3(5)6;1-2(3)4;;;;/h2,4H,1H3,(H,5,6);1H3,(H,3,4);1H;;;/q;;;3*+1/p-3. The number of halogens is 1. The van der Waals surface area contributed by atoms with E-state index >= 15 is 0 Å². The summed E-state index contributed by atoms with van der Waals surface area (Å²) in [6.07, 6.45) is -1.34. The quantitative estimate of drug-likeness (QED) is 0.467. The summed E-state index contributed by atoms with van der Waals surface area (Å²) in [5.74, 6) is -2.52. The number of aliphatic hydroxyl groups excluding tert-OH is 1. The molecule has 0 aliphatic carbocycles. The molecular weight excluding hydrogens is 244 g/mol. The number of carbonyl (C=O) groups is 2. The maximum atomic E-state index is 9.34. The van der Waals surface area contributed by atoms with Crippen molar-refractivity contribution in [1.29, 1.82) is 0 Å². The summed E-state index contributed by atoms with van der Waals surface area (Å²) >= 11 is 0. The van der Waals surface area contributed by atoms with Gasteiger partial charge in [0.15, 0.2) is 0 Å². The minimum Gasteiger partial charge on any atom is -1.00 e. The van der Waals surface area contributed by atoms with Crippen molar-refractivity contribution in [3.05, 3.63) is 0 Å². The minimum atomic E-state index is -1.44. The number of carboxylic acid groups (broad SMARTS) is 2. The summed E-state index contributed by atoms with van der Waals surface area (Å²) in [5.41, 5.74) is 0. The Kier molecular flexibility index (Phi) is 62.8. The number of aliphatic carboxylic acids is 2. The molecule has 9 heteroatoms. The summed E-state index contributed by atoms with van der Waals surface area (Å²) in [7, 11) is 0. The van der Waals surface area contributed by atoms with Crippen molar-refractivity contribution in [3.63, 3.8) is 0 Å². The maximum Gasteiger partial charge on any atom is 1.00 e. The van der Waals surface area contributed by atoms with Gasteiger partial charge >= 0.3 is 88.7 Å². The number of aliphatic hydroxyl groups is 1. The average Bonchev–Trinajstić information content (AvgIpc) is 1.63. The first-order valence-corrected chi connectivity index (χ1v) is 2.44. The van der Waals surface area contributed by atoms with Crippen molar-refractivity contribution in [2.24, 2.45) is 0 Å². The van der Waals surface area contributed by atoms with Crippen LogP contribution in [0.1, 0.15) is 13.8 Å². The van der Waals surface area contributed by atoms with E-state index in [-0.39, 0.29) is 101 Å². The zero-order valence-electron chi connectivity index (χ0n) is 9.04. The van der Waals surface area contributed by atoms with Gasteiger partial charge in [0.1, 0.15) is 0 Å². The van der Waals surface area contributed by atoms with Crippen LogP contribution in [0.4, 0.5) is 0 Å². The molecule has 0 bridgehead atoms. The Morgan fingerprint density at radius 2 is 1.21 bits per heavy atom. The molecule has 0 rings (SSSR count). The number of carboxylic acids is 2. The summed E-state index contributed by atoms with van der Waals surface area (Å²) in [6, 6.07) is 0. The Hall–Kier alpha value is 2.19. The van der Waals surface area contributed by atoms with Crippen molar-refractivity contribution < 1.29 is 126 Å². The molecule has 0 radical (unpaired) electrons. The molecule has 1 N–H and O–H groups in total. The van der Waals surface area contributed by atoms with Crippen molar-refractivity contribution in [2.75, 3.05) is 0 Å². The Bertz CT molecular complexity index is 129. The topological polar surface area (TPSA) is 100 Å². The fraction of sp³-hybridized carbons (Fsp3) is 0.600. The van der Waals surface area contributed by atoms with E-state index in [2.05, 4.69) is 0 Å². The molecule has 1 unspecified atom stereocenters. The first-order valence-electron chi connectivity index (χ1n) is 2.44. The van der Waals surface area contributed by atoms with Crippen LogP contribution in [-0.4, -0.2) is 23.1 Å². The van der Waals surface area contributed by atoms with Gasteiger partial charge in [0.05, 0.1) is 12.1 Å². The molecular formula is C5H8ClNa3O5. The normalized spacial score (nSPS) is 7.64. The minimum absolute atomic E-state index is 0. The smallest absolute Gasteiger partial charge is 1.00 e. The van der Waals surface area contributed by atoms with Crippen LogP contribution in [0, 0.1) is 0 Å². The van der Waals surface area contributed by atoms with Crippen LogP contribution < -0.4 is 111 Å². The van der Waals surface area contributed by atoms with Crippen LogP contribution in [0.2, 0.25) is 0 Å². The van der Waals surface area contributed by atoms with Crippen LogP contribution in [0.25, 0.3) is 0 Å². The Morgan fingerprint density at radius 1 is 1.14 bits per heavy atom. The van der Waals surface area contributed by atoms with E-state index in [0.29, 0.717) is 0 Å². The van der Waals surface area contributed by atoms with Gasteiger partial charge < -0.3 is 37.3 Å². The molecule has 5 nitrogen and oxygen atoms in total. The fourth-order valence-corrected chi connectivity index (χ4v) is 0. The van der Waals surface area contributed by atoms with Crippen LogP contribution >= 0.6 is 0 Å². The molecule has 0 aromatic carbocycles. The molecule has 0 fully saturated rings. The second-order valence-corrected chi connectivity index (χ2v) is 1.49. The van der Waals surface area contributed by atoms with Crippen LogP contribution in [0.5, 0.6) is 0 Å². The predicted octanol–water partition coefficient (Wildman–Crippen LogP) is -15.1. The largest absolute Gasteiger partial charge is 1.00 e. The van der Waals surface area contributed by atoms with Gasteiger partial charge in [0.2, 0.25) is 0 Å². The predicted molar refractivity (Wildman–Crippen MR) is 27.4 cm³/mol. The van der Waals surface area contributed by atoms with Crippen LogP contribution in [0.3, 0.4) is 0 Å². The Balaban J connectivity index is -0.0000000185. The van der Waals surface area contributed by atoms with Gasteiger partial charge in [-0.25, -0.2) is 0 Å². The van der Waals surface area contributed by atoms with Gasteiger partial charge in [-0.2, -0.15) is 0 Å². The summed E-state index contributed by atoms with van der Waals surface area (Å²) in [6.45, 7) is 2.11. The van der Waals surface area contributed by atoms with Crippen LogP contribution in [0.15, 0.2) is 0 Å². The molecule has 0 aliphatic heterocycles. The summed E-state index contributed by atoms with van der Waals surface area (Å²) in [4.78, 5) is 18.2. The summed E-state index contributed by atoms with van der Waals surface area (Å²) < 4.78 is 0. The van der Waals surface area contributed by atoms with Crippen LogP contribution in [-0.2, 0) is 9.59 Å². The first kappa shape index (κ1) is 36.0. The SMILES string of the molecule is CC(=O)[O-].CC(O)C(=O)[O-].[Cl-].[Na+].[Na+].[Na+]. The van der Waals surface area contributed by atoms with Crippen molar-refractivity contribution >= 4 is 11.9 Å². The van der Waals surface area contributed by atoms with E-state index in [1.807, 2.05) is 0 Å². The summed E-state index contributed by atoms with van der Waals surface area (Å²) in [5, 5.41) is 26.2. The number of rotatable bonds is 1. The van der Waals surface area contributed by atoms with E-state index < -0.39 is 18.0 Å². The van der Waals surface area contributed by atoms with E-state index in [4.69, 9.17) is 15.0 Å². The van der Waals surface area contributed by atoms with E-state index in [1.54, 1.807) is 0 Å². The monoisotopic (exact) mass is 252 g/mol. The third-order valence-corrected chi connectivity index (χ3v) is 0.341. The third kappa shape index (κ3) is 64.4. The van der Waals surface area contributed by atoms with Crippen molar-refractivity contribution in [3.8, 4) is 0 Å². The second-order valence-electron chi connectivity index (χ2n) is 1.49. The molecule has 0 saturated heterocycles. The van der Waals surface area contributed by atoms with E-state index in [1.165, 1.54) is 0 Å². The van der Waals surface area contributed by atoms with Gasteiger partial charge in [0.25, 0.3) is 0 Å². The molecule has 14 heavy (non-hydrogen) atoms. The third-order valence-electron chi connectivity index (χ3n) is 0.341. The van der Waals surface area contributed by atoms with E-state index in [9.17, 15) is 9.90 Å². The van der Waals surface area contributed by atoms with Gasteiger partial charge in [-0.05, 0) is 13.8 Å². The van der Waals surface area contributed by atoms with Gasteiger partial charge in [0, 0.05) is 5.97 Å². The number of hydrogen-bond donors (Lipinski definition) is 1. The number of carbonyl (C=O) groups excluding carboxylic acids is 2. The molecule has 0 saturated carbocycles. The Labute approximate surface area is 155 Å². The van der Waals surface area contributed by atoms with E-state index in [0.717, 1.165) is 13.8 Å².